The highest BCUT2D eigenvalue weighted by Crippen LogP contribution is 2.30. The van der Waals surface area contributed by atoms with Crippen LogP contribution in [0.3, 0.4) is 0 Å². The topological polar surface area (TPSA) is 38.9 Å². The fraction of sp³-hybridized carbons (Fsp3) is 0.471. The van der Waals surface area contributed by atoms with Crippen LogP contribution in [-0.2, 0) is 5.54 Å². The highest BCUT2D eigenvalue weighted by Gasteiger charge is 2.20. The van der Waals surface area contributed by atoms with Crippen LogP contribution < -0.4 is 5.73 Å². The number of fused-ring (bicyclic) bond motifs is 1. The van der Waals surface area contributed by atoms with E-state index in [4.69, 9.17) is 10.7 Å². The maximum absolute atomic E-state index is 6.35. The molecule has 2 heteroatoms. The molecule has 0 saturated heterocycles. The van der Waals surface area contributed by atoms with Crippen LogP contribution in [0.25, 0.3) is 10.9 Å². The van der Waals surface area contributed by atoms with Gasteiger partial charge in [-0.2, -0.15) is 0 Å². The third-order valence-electron chi connectivity index (χ3n) is 3.73. The van der Waals surface area contributed by atoms with E-state index in [0.717, 1.165) is 11.2 Å². The lowest BCUT2D eigenvalue weighted by Crippen LogP contribution is -2.29. The van der Waals surface area contributed by atoms with Crippen LogP contribution in [-0.4, -0.2) is 4.98 Å². The van der Waals surface area contributed by atoms with Crippen LogP contribution in [0.1, 0.15) is 56.0 Å². The van der Waals surface area contributed by atoms with E-state index in [2.05, 4.69) is 59.7 Å². The molecule has 0 spiro atoms. The van der Waals surface area contributed by atoms with Gasteiger partial charge in [0, 0.05) is 16.6 Å². The number of aromatic nitrogens is 1. The lowest BCUT2D eigenvalue weighted by atomic mass is 9.89. The van der Waals surface area contributed by atoms with Gasteiger partial charge in [0.1, 0.15) is 0 Å². The Labute approximate surface area is 116 Å². The normalized spacial score (nSPS) is 12.4. The van der Waals surface area contributed by atoms with Crippen LogP contribution in [0.2, 0.25) is 0 Å². The predicted molar refractivity (Wildman–Crippen MR) is 82.5 cm³/mol. The van der Waals surface area contributed by atoms with Gasteiger partial charge in [0.05, 0.1) is 5.52 Å². The molecule has 0 atom stereocenters. The molecule has 0 amide bonds. The predicted octanol–water partition coefficient (Wildman–Crippen LogP) is 4.17. The summed E-state index contributed by atoms with van der Waals surface area (Å²) in [5.74, 6) is 0.409. The number of nitrogens with two attached hydrogens (primary N) is 1. The number of hydrogen-bond donors (Lipinski definition) is 1. The summed E-state index contributed by atoms with van der Waals surface area (Å²) in [5.41, 5.74) is 11.9. The molecule has 0 aliphatic carbocycles. The molecule has 2 aromatic rings. The Morgan fingerprint density at radius 2 is 1.63 bits per heavy atom. The molecule has 0 aliphatic rings. The second-order valence-corrected chi connectivity index (χ2v) is 6.42. The summed E-state index contributed by atoms with van der Waals surface area (Å²) in [7, 11) is 0. The van der Waals surface area contributed by atoms with Crippen LogP contribution in [0.5, 0.6) is 0 Å². The van der Waals surface area contributed by atoms with E-state index in [0.29, 0.717) is 5.92 Å². The average molecular weight is 256 g/mol. The Kier molecular flexibility index (Phi) is 3.40. The highest BCUT2D eigenvalue weighted by atomic mass is 14.7. The molecule has 2 nitrogen and oxygen atoms in total. The van der Waals surface area contributed by atoms with E-state index >= 15 is 0 Å². The van der Waals surface area contributed by atoms with Gasteiger partial charge < -0.3 is 5.73 Å². The molecule has 1 aromatic heterocycles. The molecule has 0 unspecified atom stereocenters. The molecule has 2 N–H and O–H groups in total. The van der Waals surface area contributed by atoms with Crippen molar-refractivity contribution in [3.05, 3.63) is 40.6 Å². The van der Waals surface area contributed by atoms with Crippen molar-refractivity contribution in [2.24, 2.45) is 5.73 Å². The summed E-state index contributed by atoms with van der Waals surface area (Å²) >= 11 is 0. The molecule has 19 heavy (non-hydrogen) atoms. The van der Waals surface area contributed by atoms with E-state index in [1.165, 1.54) is 22.1 Å². The van der Waals surface area contributed by atoms with Crippen LogP contribution in [0, 0.1) is 13.8 Å². The quantitative estimate of drug-likeness (QED) is 0.876. The first-order chi connectivity index (χ1) is 8.70. The van der Waals surface area contributed by atoms with Gasteiger partial charge in [-0.1, -0.05) is 13.8 Å². The maximum atomic E-state index is 6.35. The van der Waals surface area contributed by atoms with Crippen LogP contribution >= 0.6 is 0 Å². The largest absolute Gasteiger partial charge is 0.322 e. The second-order valence-electron chi connectivity index (χ2n) is 6.42. The van der Waals surface area contributed by atoms with Crippen LogP contribution in [0.4, 0.5) is 0 Å². The standard InChI is InChI=1S/C17H24N2/c1-10(2)15-9-14(17(5,6)18)13-7-11(3)12(4)8-16(13)19-15/h7-10H,18H2,1-6H3. The molecular weight excluding hydrogens is 232 g/mol. The summed E-state index contributed by atoms with van der Waals surface area (Å²) in [4.78, 5) is 4.80. The van der Waals surface area contributed by atoms with Crippen molar-refractivity contribution in [1.82, 2.24) is 4.98 Å². The van der Waals surface area contributed by atoms with Crippen molar-refractivity contribution < 1.29 is 0 Å². The lowest BCUT2D eigenvalue weighted by Gasteiger charge is -2.23. The zero-order chi connectivity index (χ0) is 14.4. The summed E-state index contributed by atoms with van der Waals surface area (Å²) in [6, 6.07) is 6.55. The minimum Gasteiger partial charge on any atom is -0.322 e. The van der Waals surface area contributed by atoms with Crippen molar-refractivity contribution in [2.45, 2.75) is 53.0 Å². The van der Waals surface area contributed by atoms with E-state index in [1.54, 1.807) is 0 Å². The van der Waals surface area contributed by atoms with E-state index < -0.39 is 0 Å². The van der Waals surface area contributed by atoms with E-state index in [1.807, 2.05) is 0 Å². The molecule has 0 fully saturated rings. The van der Waals surface area contributed by atoms with Crippen molar-refractivity contribution in [2.75, 3.05) is 0 Å². The number of rotatable bonds is 2. The van der Waals surface area contributed by atoms with Gasteiger partial charge in [-0.25, -0.2) is 0 Å². The Morgan fingerprint density at radius 3 is 2.16 bits per heavy atom. The smallest absolute Gasteiger partial charge is 0.0711 e. The van der Waals surface area contributed by atoms with Crippen molar-refractivity contribution in [1.29, 1.82) is 0 Å². The molecule has 0 bridgehead atoms. The van der Waals surface area contributed by atoms with Gasteiger partial charge >= 0.3 is 0 Å². The summed E-state index contributed by atoms with van der Waals surface area (Å²) in [5, 5.41) is 1.18. The third kappa shape index (κ3) is 2.64. The SMILES string of the molecule is Cc1cc2nc(C(C)C)cc(C(C)(C)N)c2cc1C. The van der Waals surface area contributed by atoms with Crippen molar-refractivity contribution in [3.63, 3.8) is 0 Å². The minimum absolute atomic E-state index is 0.355. The first-order valence-electron chi connectivity index (χ1n) is 6.91. The summed E-state index contributed by atoms with van der Waals surface area (Å²) in [6.45, 7) is 12.7. The van der Waals surface area contributed by atoms with Gasteiger partial charge in [-0.15, -0.1) is 0 Å². The van der Waals surface area contributed by atoms with Crippen molar-refractivity contribution in [3.8, 4) is 0 Å². The second kappa shape index (κ2) is 4.61. The van der Waals surface area contributed by atoms with Crippen LogP contribution in [0.15, 0.2) is 18.2 Å². The number of aryl methyl sites for hydroxylation is 2. The van der Waals surface area contributed by atoms with Gasteiger partial charge in [0.2, 0.25) is 0 Å². The fourth-order valence-electron chi connectivity index (χ4n) is 2.34. The number of pyridine rings is 1. The third-order valence-corrected chi connectivity index (χ3v) is 3.73. The lowest BCUT2D eigenvalue weighted by molar-refractivity contribution is 0.557. The number of nitrogens with zero attached hydrogens (tertiary/aromatic N) is 1. The average Bonchev–Trinajstić information content (AvgIpc) is 2.27. The molecule has 0 saturated carbocycles. The Morgan fingerprint density at radius 1 is 1.05 bits per heavy atom. The first kappa shape index (κ1) is 14.0. The molecule has 1 aromatic carbocycles. The van der Waals surface area contributed by atoms with Gasteiger partial charge in [0.15, 0.2) is 0 Å². The van der Waals surface area contributed by atoms with Gasteiger partial charge in [-0.05, 0) is 68.5 Å². The molecule has 0 aliphatic heterocycles. The zero-order valence-electron chi connectivity index (χ0n) is 12.8. The molecule has 2 rings (SSSR count). The molecule has 1 heterocycles. The van der Waals surface area contributed by atoms with E-state index in [9.17, 15) is 0 Å². The number of benzene rings is 1. The summed E-state index contributed by atoms with van der Waals surface area (Å²) < 4.78 is 0. The van der Waals surface area contributed by atoms with Gasteiger partial charge in [0.25, 0.3) is 0 Å². The Bertz CT molecular complexity index is 619. The summed E-state index contributed by atoms with van der Waals surface area (Å²) in [6.07, 6.45) is 0. The molecule has 0 radical (unpaired) electrons. The first-order valence-corrected chi connectivity index (χ1v) is 6.91. The number of hydrogen-bond acceptors (Lipinski definition) is 2. The van der Waals surface area contributed by atoms with E-state index in [-0.39, 0.29) is 5.54 Å². The molecular formula is C17H24N2. The van der Waals surface area contributed by atoms with Crippen molar-refractivity contribution >= 4 is 10.9 Å². The monoisotopic (exact) mass is 256 g/mol. The maximum Gasteiger partial charge on any atom is 0.0711 e. The van der Waals surface area contributed by atoms with Gasteiger partial charge in [-0.3, -0.25) is 4.98 Å². The molecule has 102 valence electrons. The fourth-order valence-corrected chi connectivity index (χ4v) is 2.34. The highest BCUT2D eigenvalue weighted by molar-refractivity contribution is 5.85. The Balaban J connectivity index is 2.86. The minimum atomic E-state index is -0.355. The zero-order valence-corrected chi connectivity index (χ0v) is 12.8. The Hall–Kier alpha value is -1.41.